The van der Waals surface area contributed by atoms with E-state index in [2.05, 4.69) is 9.88 Å². The van der Waals surface area contributed by atoms with Crippen molar-refractivity contribution < 1.29 is 9.53 Å². The maximum absolute atomic E-state index is 12.9. The van der Waals surface area contributed by atoms with Crippen molar-refractivity contribution in [3.05, 3.63) is 53.2 Å². The highest BCUT2D eigenvalue weighted by atomic mass is 35.5. The molecule has 1 saturated heterocycles. The second-order valence-corrected chi connectivity index (χ2v) is 6.83. The Morgan fingerprint density at radius 2 is 2.00 bits per heavy atom. The maximum Gasteiger partial charge on any atom is 0.263 e. The largest absolute Gasteiger partial charge is 0.481 e. The molecule has 2 aromatic rings. The molecule has 2 heterocycles. The topological polar surface area (TPSA) is 45.7 Å². The number of hydrogen-bond acceptors (Lipinski definition) is 4. The Hall–Kier alpha value is -2.27. The first-order valence-corrected chi connectivity index (χ1v) is 9.34. The maximum atomic E-state index is 12.9. The van der Waals surface area contributed by atoms with Gasteiger partial charge in [0.15, 0.2) is 6.10 Å². The van der Waals surface area contributed by atoms with Gasteiger partial charge in [0.05, 0.1) is 0 Å². The lowest BCUT2D eigenvalue weighted by Gasteiger charge is -2.36. The average molecular weight is 374 g/mol. The number of nitrogens with zero attached hydrogens (tertiary/aromatic N) is 3. The average Bonchev–Trinajstić information content (AvgIpc) is 2.69. The fraction of sp³-hybridized carbons (Fsp3) is 0.400. The molecule has 1 fully saturated rings. The number of halogens is 1. The molecule has 5 nitrogen and oxygen atoms in total. The molecule has 1 aliphatic heterocycles. The first-order valence-electron chi connectivity index (χ1n) is 8.96. The highest BCUT2D eigenvalue weighted by molar-refractivity contribution is 6.31. The van der Waals surface area contributed by atoms with E-state index < -0.39 is 6.10 Å². The molecule has 1 aromatic heterocycles. The first kappa shape index (κ1) is 18.5. The van der Waals surface area contributed by atoms with Crippen molar-refractivity contribution in [1.82, 2.24) is 9.88 Å². The molecule has 3 rings (SSSR count). The molecule has 1 amide bonds. The zero-order chi connectivity index (χ0) is 18.5. The van der Waals surface area contributed by atoms with E-state index in [1.165, 1.54) is 0 Å². The predicted octanol–water partition coefficient (Wildman–Crippen LogP) is 3.55. The molecule has 0 unspecified atom stereocenters. The van der Waals surface area contributed by atoms with Crippen molar-refractivity contribution in [2.24, 2.45) is 0 Å². The van der Waals surface area contributed by atoms with Gasteiger partial charge in [-0.3, -0.25) is 4.79 Å². The van der Waals surface area contributed by atoms with Crippen LogP contribution in [-0.4, -0.2) is 48.1 Å². The molecule has 1 aromatic carbocycles. The third-order valence-electron chi connectivity index (χ3n) is 4.62. The van der Waals surface area contributed by atoms with Crippen LogP contribution in [0.4, 0.5) is 5.82 Å². The van der Waals surface area contributed by atoms with Crippen molar-refractivity contribution in [2.75, 3.05) is 31.1 Å². The number of aryl methyl sites for hydroxylation is 1. The summed E-state index contributed by atoms with van der Waals surface area (Å²) in [4.78, 5) is 21.3. The number of piperazine rings is 1. The van der Waals surface area contributed by atoms with Gasteiger partial charge in [0, 0.05) is 37.4 Å². The van der Waals surface area contributed by atoms with Crippen LogP contribution in [0.5, 0.6) is 5.75 Å². The summed E-state index contributed by atoms with van der Waals surface area (Å²) in [6.45, 7) is 6.80. The SMILES string of the molecule is CC[C@@H](Oc1ccc(Cl)c(C)c1)C(=O)N1CCN(c2ccccn2)CC1. The number of pyridine rings is 1. The van der Waals surface area contributed by atoms with E-state index in [9.17, 15) is 4.79 Å². The van der Waals surface area contributed by atoms with Crippen LogP contribution in [0.1, 0.15) is 18.9 Å². The number of aromatic nitrogens is 1. The Balaban J connectivity index is 1.60. The highest BCUT2D eigenvalue weighted by Gasteiger charge is 2.28. The van der Waals surface area contributed by atoms with Crippen LogP contribution in [0.2, 0.25) is 5.02 Å². The van der Waals surface area contributed by atoms with E-state index in [4.69, 9.17) is 16.3 Å². The Bertz CT molecular complexity index is 746. The van der Waals surface area contributed by atoms with Crippen LogP contribution in [0.25, 0.3) is 0 Å². The van der Waals surface area contributed by atoms with Gasteiger partial charge in [-0.1, -0.05) is 24.6 Å². The molecule has 138 valence electrons. The van der Waals surface area contributed by atoms with Crippen LogP contribution in [0.15, 0.2) is 42.6 Å². The van der Waals surface area contributed by atoms with E-state index in [1.54, 1.807) is 12.3 Å². The molecule has 0 N–H and O–H groups in total. The zero-order valence-electron chi connectivity index (χ0n) is 15.2. The lowest BCUT2D eigenvalue weighted by Crippen LogP contribution is -2.52. The van der Waals surface area contributed by atoms with E-state index in [0.29, 0.717) is 30.3 Å². The third-order valence-corrected chi connectivity index (χ3v) is 5.04. The fourth-order valence-electron chi connectivity index (χ4n) is 3.06. The van der Waals surface area contributed by atoms with Crippen LogP contribution in [0, 0.1) is 6.92 Å². The van der Waals surface area contributed by atoms with Crippen molar-refractivity contribution >= 4 is 23.3 Å². The minimum atomic E-state index is -0.475. The molecule has 1 aliphatic rings. The summed E-state index contributed by atoms with van der Waals surface area (Å²) in [6, 6.07) is 11.4. The predicted molar refractivity (Wildman–Crippen MR) is 104 cm³/mol. The number of anilines is 1. The summed E-state index contributed by atoms with van der Waals surface area (Å²) < 4.78 is 5.95. The van der Waals surface area contributed by atoms with Crippen LogP contribution < -0.4 is 9.64 Å². The van der Waals surface area contributed by atoms with Gasteiger partial charge in [0.25, 0.3) is 5.91 Å². The van der Waals surface area contributed by atoms with Gasteiger partial charge in [0.2, 0.25) is 0 Å². The summed E-state index contributed by atoms with van der Waals surface area (Å²) >= 11 is 6.06. The van der Waals surface area contributed by atoms with Crippen LogP contribution in [-0.2, 0) is 4.79 Å². The number of rotatable bonds is 5. The second kappa shape index (κ2) is 8.41. The molecule has 0 radical (unpaired) electrons. The van der Waals surface area contributed by atoms with E-state index >= 15 is 0 Å². The second-order valence-electron chi connectivity index (χ2n) is 6.43. The number of carbonyl (C=O) groups excluding carboxylic acids is 1. The lowest BCUT2D eigenvalue weighted by molar-refractivity contribution is -0.139. The molecule has 0 bridgehead atoms. The minimum absolute atomic E-state index is 0.0424. The van der Waals surface area contributed by atoms with Crippen LogP contribution in [0.3, 0.4) is 0 Å². The normalized spacial score (nSPS) is 15.7. The quantitative estimate of drug-likeness (QED) is 0.804. The Labute approximate surface area is 159 Å². The van der Waals surface area contributed by atoms with Gasteiger partial charge in [-0.25, -0.2) is 4.98 Å². The van der Waals surface area contributed by atoms with Gasteiger partial charge in [-0.2, -0.15) is 0 Å². The van der Waals surface area contributed by atoms with Crippen molar-refractivity contribution in [2.45, 2.75) is 26.4 Å². The van der Waals surface area contributed by atoms with Gasteiger partial charge < -0.3 is 14.5 Å². The number of ether oxygens (including phenoxy) is 1. The summed E-state index contributed by atoms with van der Waals surface area (Å²) in [5.74, 6) is 1.68. The molecule has 6 heteroatoms. The molecular formula is C20H24ClN3O2. The minimum Gasteiger partial charge on any atom is -0.481 e. The van der Waals surface area contributed by atoms with Crippen LogP contribution >= 0.6 is 11.6 Å². The Morgan fingerprint density at radius 3 is 2.62 bits per heavy atom. The third kappa shape index (κ3) is 4.28. The van der Waals surface area contributed by atoms with E-state index in [0.717, 1.165) is 24.5 Å². The summed E-state index contributed by atoms with van der Waals surface area (Å²) in [5.41, 5.74) is 0.940. The molecule has 26 heavy (non-hydrogen) atoms. The van der Waals surface area contributed by atoms with Crippen molar-refractivity contribution in [3.8, 4) is 5.75 Å². The van der Waals surface area contributed by atoms with Crippen molar-refractivity contribution in [3.63, 3.8) is 0 Å². The van der Waals surface area contributed by atoms with Gasteiger partial charge in [0.1, 0.15) is 11.6 Å². The lowest BCUT2D eigenvalue weighted by atomic mass is 10.2. The fourth-order valence-corrected chi connectivity index (χ4v) is 3.18. The number of carbonyl (C=O) groups is 1. The number of amides is 1. The van der Waals surface area contributed by atoms with Gasteiger partial charge in [-0.15, -0.1) is 0 Å². The number of benzene rings is 1. The van der Waals surface area contributed by atoms with E-state index in [-0.39, 0.29) is 5.91 Å². The van der Waals surface area contributed by atoms with Gasteiger partial charge in [-0.05, 0) is 49.2 Å². The van der Waals surface area contributed by atoms with Crippen molar-refractivity contribution in [1.29, 1.82) is 0 Å². The summed E-state index contributed by atoms with van der Waals surface area (Å²) in [7, 11) is 0. The smallest absolute Gasteiger partial charge is 0.263 e. The first-order chi connectivity index (χ1) is 12.6. The summed E-state index contributed by atoms with van der Waals surface area (Å²) in [6.07, 6.45) is 1.94. The van der Waals surface area contributed by atoms with E-state index in [1.807, 2.05) is 49.1 Å². The Kier molecular flexibility index (Phi) is 5.99. The Morgan fingerprint density at radius 1 is 1.23 bits per heavy atom. The molecular weight excluding hydrogens is 350 g/mol. The zero-order valence-corrected chi connectivity index (χ0v) is 15.9. The molecule has 1 atom stereocenters. The number of hydrogen-bond donors (Lipinski definition) is 0. The molecule has 0 aliphatic carbocycles. The summed E-state index contributed by atoms with van der Waals surface area (Å²) in [5, 5.41) is 0.697. The molecule has 0 spiro atoms. The monoisotopic (exact) mass is 373 g/mol. The molecule has 0 saturated carbocycles. The van der Waals surface area contributed by atoms with Gasteiger partial charge >= 0.3 is 0 Å². The standard InChI is InChI=1S/C20H24ClN3O2/c1-3-18(26-16-7-8-17(21)15(2)14-16)20(25)24-12-10-23(11-13-24)19-6-4-5-9-22-19/h4-9,14,18H,3,10-13H2,1-2H3/t18-/m1/s1. The highest BCUT2D eigenvalue weighted by Crippen LogP contribution is 2.23.